The Bertz CT molecular complexity index is 3000. The van der Waals surface area contributed by atoms with Gasteiger partial charge in [-0.25, -0.2) is 19.9 Å². The fourth-order valence-electron chi connectivity index (χ4n) is 7.16. The van der Waals surface area contributed by atoms with E-state index in [1.165, 1.54) is 0 Å². The first-order valence-corrected chi connectivity index (χ1v) is 18.4. The van der Waals surface area contributed by atoms with Crippen LogP contribution in [-0.2, 0) is 21.1 Å². The molecule has 0 N–H and O–H groups in total. The van der Waals surface area contributed by atoms with Crippen LogP contribution in [0.4, 0.5) is 17.1 Å². The molecule has 0 radical (unpaired) electrons. The van der Waals surface area contributed by atoms with Gasteiger partial charge in [0, 0.05) is 46.5 Å². The summed E-state index contributed by atoms with van der Waals surface area (Å²) in [4.78, 5) is 20.0. The quantitative estimate of drug-likeness (QED) is 0.118. The van der Waals surface area contributed by atoms with E-state index in [4.69, 9.17) is 24.7 Å². The second-order valence-corrected chi connectivity index (χ2v) is 13.8. The van der Waals surface area contributed by atoms with Gasteiger partial charge < -0.3 is 9.30 Å². The molecule has 0 saturated heterocycles. The van der Waals surface area contributed by atoms with Crippen molar-refractivity contribution in [3.8, 4) is 51.5 Å². The maximum absolute atomic E-state index is 6.88. The summed E-state index contributed by atoms with van der Waals surface area (Å²) in [5, 5.41) is 2.00. The number of para-hydroxylation sites is 3. The molecule has 0 fully saturated rings. The van der Waals surface area contributed by atoms with Gasteiger partial charge in [-0.3, -0.25) is 0 Å². The Morgan fingerprint density at radius 2 is 1.28 bits per heavy atom. The summed E-state index contributed by atoms with van der Waals surface area (Å²) in [5.74, 6) is 3.29. The van der Waals surface area contributed by atoms with Crippen LogP contribution in [0.25, 0.3) is 61.8 Å². The van der Waals surface area contributed by atoms with Gasteiger partial charge in [-0.2, -0.15) is 6.07 Å². The minimum atomic E-state index is 0. The van der Waals surface area contributed by atoms with Gasteiger partial charge in [0.25, 0.3) is 11.4 Å². The summed E-state index contributed by atoms with van der Waals surface area (Å²) in [6.07, 6.45) is 1.80. The molecule has 9 aromatic rings. The molecule has 0 aliphatic carbocycles. The number of hydrogen-bond donors (Lipinski definition) is 0. The molecule has 0 amide bonds. The largest absolute Gasteiger partial charge is 2.00 e. The van der Waals surface area contributed by atoms with E-state index >= 15 is 0 Å². The zero-order valence-corrected chi connectivity index (χ0v) is 33.5. The van der Waals surface area contributed by atoms with E-state index in [9.17, 15) is 0 Å². The maximum atomic E-state index is 6.88. The van der Waals surface area contributed by atoms with Crippen LogP contribution in [0.2, 0.25) is 0 Å². The van der Waals surface area contributed by atoms with Crippen molar-refractivity contribution >= 4 is 44.9 Å². The third-order valence-corrected chi connectivity index (χ3v) is 9.99. The number of rotatable bonds is 7. The van der Waals surface area contributed by atoms with Crippen LogP contribution >= 0.6 is 0 Å². The van der Waals surface area contributed by atoms with Crippen molar-refractivity contribution in [3.05, 3.63) is 169 Å². The minimum absolute atomic E-state index is 0. The Hall–Kier alpha value is -6.85. The standard InChI is InChI=1S/C48H33N7O.Pt/c1-31-18-22-33(23-19-31)46-50-47(34-24-20-32(2)21-25-34)52-48(51-46)39-28-38-37-13-4-5-14-40(37)55(45-17-8-9-26-49-45)43(38)29-44(39)56-36-12-10-11-35(27-36)54-30-53(3)41-15-6-7-16-42(41)54;/h4-26,28H,1-3H3;/q;+2. The van der Waals surface area contributed by atoms with Crippen molar-refractivity contribution in [1.82, 2.24) is 29.1 Å². The van der Waals surface area contributed by atoms with Crippen molar-refractivity contribution in [2.24, 2.45) is 0 Å². The molecular formula is C48H33N7OPt+2. The van der Waals surface area contributed by atoms with Gasteiger partial charge in [-0.1, -0.05) is 123 Å². The molecule has 0 atom stereocenters. The Kier molecular flexibility index (Phi) is 9.22. The second-order valence-electron chi connectivity index (χ2n) is 13.8. The first-order chi connectivity index (χ1) is 27.5. The number of aryl methyl sites for hydroxylation is 2. The van der Waals surface area contributed by atoms with Crippen LogP contribution in [0.3, 0.4) is 0 Å². The van der Waals surface area contributed by atoms with Gasteiger partial charge in [0.1, 0.15) is 17.3 Å². The van der Waals surface area contributed by atoms with Crippen molar-refractivity contribution in [2.45, 2.75) is 13.8 Å². The number of nitrogens with zero attached hydrogens (tertiary/aromatic N) is 7. The first kappa shape index (κ1) is 35.8. The molecule has 3 aromatic heterocycles. The summed E-state index contributed by atoms with van der Waals surface area (Å²) in [7, 11) is 1.99. The van der Waals surface area contributed by atoms with E-state index in [0.29, 0.717) is 34.5 Å². The van der Waals surface area contributed by atoms with Crippen LogP contribution in [-0.4, -0.2) is 42.1 Å². The predicted molar refractivity (Wildman–Crippen MR) is 221 cm³/mol. The molecule has 8 nitrogen and oxygen atoms in total. The number of pyridine rings is 1. The molecule has 1 aliphatic rings. The molecule has 4 heterocycles. The summed E-state index contributed by atoms with van der Waals surface area (Å²) < 4.78 is 13.0. The maximum Gasteiger partial charge on any atom is 2.00 e. The molecule has 274 valence electrons. The van der Waals surface area contributed by atoms with E-state index in [1.54, 1.807) is 6.20 Å². The fourth-order valence-corrected chi connectivity index (χ4v) is 7.16. The first-order valence-electron chi connectivity index (χ1n) is 18.4. The molecule has 0 unspecified atom stereocenters. The smallest absolute Gasteiger partial charge is 0.508 e. The third kappa shape index (κ3) is 6.55. The van der Waals surface area contributed by atoms with Crippen LogP contribution < -0.4 is 9.31 Å². The van der Waals surface area contributed by atoms with Crippen molar-refractivity contribution < 1.29 is 30.4 Å². The van der Waals surface area contributed by atoms with Crippen molar-refractivity contribution in [1.29, 1.82) is 0 Å². The van der Waals surface area contributed by atoms with Gasteiger partial charge in [0.05, 0.1) is 0 Å². The summed E-state index contributed by atoms with van der Waals surface area (Å²) in [6, 6.07) is 57.4. The van der Waals surface area contributed by atoms with Crippen LogP contribution in [0, 0.1) is 26.0 Å². The Labute approximate surface area is 344 Å². The van der Waals surface area contributed by atoms with E-state index in [0.717, 1.165) is 66.9 Å². The Morgan fingerprint density at radius 1 is 0.632 bits per heavy atom. The van der Waals surface area contributed by atoms with Crippen LogP contribution in [0.15, 0.2) is 146 Å². The molecule has 1 aliphatic heterocycles. The molecule has 0 spiro atoms. The molecule has 10 rings (SSSR count). The summed E-state index contributed by atoms with van der Waals surface area (Å²) in [6.45, 7) is 4.14. The number of hydrogen-bond acceptors (Lipinski definition) is 5. The van der Waals surface area contributed by atoms with Crippen molar-refractivity contribution in [3.63, 3.8) is 0 Å². The van der Waals surface area contributed by atoms with Crippen molar-refractivity contribution in [2.75, 3.05) is 7.05 Å². The summed E-state index contributed by atoms with van der Waals surface area (Å²) in [5.41, 5.74) is 9.39. The van der Waals surface area contributed by atoms with Gasteiger partial charge in [-0.15, -0.1) is 23.6 Å². The molecule has 57 heavy (non-hydrogen) atoms. The van der Waals surface area contributed by atoms with Crippen LogP contribution in [0.1, 0.15) is 11.1 Å². The normalized spacial score (nSPS) is 11.9. The molecule has 6 aromatic carbocycles. The zero-order valence-electron chi connectivity index (χ0n) is 31.2. The SMILES string of the molecule is Cc1ccc(-c2nc(-c3ccc(C)cc3)nc(-c3cc4c5ccccc5n(-c5ccccn5)c4[c-]c3Oc3[c-]c([N+]4=C=[N+](C)c5ccccc54)ccc3)n2)cc1.[Pt+2]. The second kappa shape index (κ2) is 14.7. The average Bonchev–Trinajstić information content (AvgIpc) is 3.75. The fraction of sp³-hybridized carbons (Fsp3) is 0.0625. The summed E-state index contributed by atoms with van der Waals surface area (Å²) >= 11 is 0. The molecular weight excluding hydrogens is 886 g/mol. The average molecular weight is 919 g/mol. The topological polar surface area (TPSA) is 71.7 Å². The number of aromatic nitrogens is 5. The van der Waals surface area contributed by atoms with Gasteiger partial charge in [-0.05, 0) is 43.0 Å². The Balaban J connectivity index is 0.00000422. The van der Waals surface area contributed by atoms with E-state index in [1.807, 2.05) is 101 Å². The van der Waals surface area contributed by atoms with Gasteiger partial charge in [0.2, 0.25) is 0 Å². The van der Waals surface area contributed by atoms with E-state index < -0.39 is 0 Å². The minimum Gasteiger partial charge on any atom is -0.508 e. The third-order valence-electron chi connectivity index (χ3n) is 9.99. The molecule has 0 bridgehead atoms. The number of benzene rings is 6. The van der Waals surface area contributed by atoms with E-state index in [2.05, 4.69) is 91.2 Å². The zero-order chi connectivity index (χ0) is 37.8. The predicted octanol–water partition coefficient (Wildman–Crippen LogP) is 10.7. The number of fused-ring (bicyclic) bond motifs is 4. The monoisotopic (exact) mass is 918 g/mol. The van der Waals surface area contributed by atoms with E-state index in [-0.39, 0.29) is 21.1 Å². The van der Waals surface area contributed by atoms with Gasteiger partial charge >= 0.3 is 27.1 Å². The van der Waals surface area contributed by atoms with Crippen LogP contribution in [0.5, 0.6) is 11.5 Å². The Morgan fingerprint density at radius 3 is 1.98 bits per heavy atom. The number of ether oxygens (including phenoxy) is 1. The molecule has 9 heteroatoms. The molecule has 0 saturated carbocycles. The van der Waals surface area contributed by atoms with Gasteiger partial charge in [0.15, 0.2) is 18.7 Å².